The van der Waals surface area contributed by atoms with Crippen molar-refractivity contribution in [3.8, 4) is 5.75 Å². The zero-order chi connectivity index (χ0) is 13.7. The number of methoxy groups -OCH3 is 1. The van der Waals surface area contributed by atoms with Gasteiger partial charge in [0, 0.05) is 18.8 Å². The summed E-state index contributed by atoms with van der Waals surface area (Å²) in [5, 5.41) is 13.0. The molecule has 0 aromatic heterocycles. The Labute approximate surface area is 114 Å². The maximum Gasteiger partial charge on any atom is 0.121 e. The monoisotopic (exact) mass is 265 g/mol. The average Bonchev–Trinajstić information content (AvgIpc) is 3.20. The highest BCUT2D eigenvalue weighted by Gasteiger charge is 2.21. The second-order valence-electron chi connectivity index (χ2n) is 5.20. The summed E-state index contributed by atoms with van der Waals surface area (Å²) in [5.41, 5.74) is 2.06. The van der Waals surface area contributed by atoms with Crippen LogP contribution in [-0.2, 0) is 4.74 Å². The van der Waals surface area contributed by atoms with Crippen LogP contribution in [-0.4, -0.2) is 38.1 Å². The number of rotatable bonds is 8. The number of ether oxygens (including phenoxy) is 2. The minimum atomic E-state index is -0.471. The Bertz CT molecular complexity index is 404. The number of nitrogens with one attached hydrogen (secondary N) is 1. The van der Waals surface area contributed by atoms with Crippen molar-refractivity contribution in [2.75, 3.05) is 32.2 Å². The molecule has 0 spiro atoms. The summed E-state index contributed by atoms with van der Waals surface area (Å²) < 4.78 is 10.7. The third kappa shape index (κ3) is 4.73. The summed E-state index contributed by atoms with van der Waals surface area (Å²) in [6, 6.07) is 5.88. The Hall–Kier alpha value is -1.26. The molecular weight excluding hydrogens is 242 g/mol. The summed E-state index contributed by atoms with van der Waals surface area (Å²) in [4.78, 5) is 0. The lowest BCUT2D eigenvalue weighted by Gasteiger charge is -2.14. The molecule has 106 valence electrons. The van der Waals surface area contributed by atoms with E-state index in [4.69, 9.17) is 9.47 Å². The Balaban J connectivity index is 1.69. The molecule has 1 aromatic rings. The summed E-state index contributed by atoms with van der Waals surface area (Å²) in [6.45, 7) is 3.69. The van der Waals surface area contributed by atoms with Gasteiger partial charge in [0.15, 0.2) is 0 Å². The zero-order valence-corrected chi connectivity index (χ0v) is 11.7. The third-order valence-electron chi connectivity index (χ3n) is 3.30. The first-order valence-corrected chi connectivity index (χ1v) is 6.83. The number of aliphatic hydroxyl groups excluding tert-OH is 1. The standard InChI is InChI=1S/C15H23NO3/c1-11-7-13(5-6-15(11)18-2)16-8-14(17)10-19-9-12-3-4-12/h5-7,12,14,16-17H,3-4,8-10H2,1-2H3. The van der Waals surface area contributed by atoms with Gasteiger partial charge in [0.1, 0.15) is 5.75 Å². The largest absolute Gasteiger partial charge is 0.496 e. The van der Waals surface area contributed by atoms with Gasteiger partial charge >= 0.3 is 0 Å². The molecule has 0 heterocycles. The molecule has 4 nitrogen and oxygen atoms in total. The number of anilines is 1. The van der Waals surface area contributed by atoms with E-state index >= 15 is 0 Å². The topological polar surface area (TPSA) is 50.7 Å². The minimum absolute atomic E-state index is 0.401. The quantitative estimate of drug-likeness (QED) is 0.756. The highest BCUT2D eigenvalue weighted by molar-refractivity contribution is 5.50. The van der Waals surface area contributed by atoms with Crippen LogP contribution in [0.3, 0.4) is 0 Å². The van der Waals surface area contributed by atoms with Crippen molar-refractivity contribution < 1.29 is 14.6 Å². The molecule has 0 bridgehead atoms. The Morgan fingerprint density at radius 2 is 2.21 bits per heavy atom. The molecule has 1 saturated carbocycles. The van der Waals surface area contributed by atoms with Crippen molar-refractivity contribution in [2.45, 2.75) is 25.9 Å². The van der Waals surface area contributed by atoms with E-state index in [0.29, 0.717) is 13.2 Å². The van der Waals surface area contributed by atoms with Crippen molar-refractivity contribution in [3.05, 3.63) is 23.8 Å². The van der Waals surface area contributed by atoms with Crippen molar-refractivity contribution in [1.82, 2.24) is 0 Å². The molecule has 0 aliphatic heterocycles. The van der Waals surface area contributed by atoms with E-state index in [-0.39, 0.29) is 0 Å². The SMILES string of the molecule is COc1ccc(NCC(O)COCC2CC2)cc1C. The smallest absolute Gasteiger partial charge is 0.121 e. The lowest BCUT2D eigenvalue weighted by atomic mass is 10.2. The molecule has 1 aromatic carbocycles. The van der Waals surface area contributed by atoms with Gasteiger partial charge in [-0.15, -0.1) is 0 Å². The number of hydrogen-bond donors (Lipinski definition) is 2. The molecule has 0 saturated heterocycles. The van der Waals surface area contributed by atoms with Crippen molar-refractivity contribution in [3.63, 3.8) is 0 Å². The van der Waals surface area contributed by atoms with E-state index in [1.54, 1.807) is 7.11 Å². The van der Waals surface area contributed by atoms with Gasteiger partial charge in [-0.2, -0.15) is 0 Å². The van der Waals surface area contributed by atoms with E-state index < -0.39 is 6.10 Å². The lowest BCUT2D eigenvalue weighted by molar-refractivity contribution is 0.0386. The van der Waals surface area contributed by atoms with Gasteiger partial charge < -0.3 is 19.9 Å². The molecule has 1 fully saturated rings. The molecule has 1 aliphatic rings. The fourth-order valence-corrected chi connectivity index (χ4v) is 1.94. The van der Waals surface area contributed by atoms with Gasteiger partial charge in [-0.3, -0.25) is 0 Å². The van der Waals surface area contributed by atoms with Crippen LogP contribution in [0.15, 0.2) is 18.2 Å². The van der Waals surface area contributed by atoms with Crippen LogP contribution in [0.5, 0.6) is 5.75 Å². The first kappa shape index (κ1) is 14.2. The maximum absolute atomic E-state index is 9.80. The van der Waals surface area contributed by atoms with E-state index in [2.05, 4.69) is 5.32 Å². The van der Waals surface area contributed by atoms with E-state index in [1.807, 2.05) is 25.1 Å². The van der Waals surface area contributed by atoms with E-state index in [0.717, 1.165) is 29.5 Å². The van der Waals surface area contributed by atoms with Crippen LogP contribution in [0, 0.1) is 12.8 Å². The summed E-state index contributed by atoms with van der Waals surface area (Å²) in [5.74, 6) is 1.61. The molecule has 2 N–H and O–H groups in total. The van der Waals surface area contributed by atoms with Crippen LogP contribution in [0.1, 0.15) is 18.4 Å². The normalized spacial score (nSPS) is 16.2. The number of aliphatic hydroxyl groups is 1. The summed E-state index contributed by atoms with van der Waals surface area (Å²) >= 11 is 0. The van der Waals surface area contributed by atoms with Gasteiger partial charge in [-0.25, -0.2) is 0 Å². The number of aryl methyl sites for hydroxylation is 1. The Morgan fingerprint density at radius 1 is 1.42 bits per heavy atom. The lowest BCUT2D eigenvalue weighted by Crippen LogP contribution is -2.25. The van der Waals surface area contributed by atoms with Gasteiger partial charge in [-0.1, -0.05) is 0 Å². The van der Waals surface area contributed by atoms with Gasteiger partial charge in [0.2, 0.25) is 0 Å². The van der Waals surface area contributed by atoms with Crippen molar-refractivity contribution >= 4 is 5.69 Å². The molecular formula is C15H23NO3. The maximum atomic E-state index is 9.80. The molecule has 1 aliphatic carbocycles. The highest BCUT2D eigenvalue weighted by atomic mass is 16.5. The third-order valence-corrected chi connectivity index (χ3v) is 3.30. The number of hydrogen-bond acceptors (Lipinski definition) is 4. The molecule has 19 heavy (non-hydrogen) atoms. The first-order chi connectivity index (χ1) is 9.19. The van der Waals surface area contributed by atoms with Crippen LogP contribution >= 0.6 is 0 Å². The van der Waals surface area contributed by atoms with Gasteiger partial charge in [-0.05, 0) is 49.4 Å². The first-order valence-electron chi connectivity index (χ1n) is 6.83. The summed E-state index contributed by atoms with van der Waals surface area (Å²) in [6.07, 6.45) is 2.08. The second-order valence-corrected chi connectivity index (χ2v) is 5.20. The van der Waals surface area contributed by atoms with Crippen molar-refractivity contribution in [1.29, 1.82) is 0 Å². The summed E-state index contributed by atoms with van der Waals surface area (Å²) in [7, 11) is 1.66. The molecule has 0 radical (unpaired) electrons. The van der Waals surface area contributed by atoms with Crippen molar-refractivity contribution in [2.24, 2.45) is 5.92 Å². The fraction of sp³-hybridized carbons (Fsp3) is 0.600. The molecule has 1 atom stereocenters. The Morgan fingerprint density at radius 3 is 2.84 bits per heavy atom. The molecule has 4 heteroatoms. The van der Waals surface area contributed by atoms with Gasteiger partial charge in [0.05, 0.1) is 19.8 Å². The average molecular weight is 265 g/mol. The van der Waals surface area contributed by atoms with Gasteiger partial charge in [0.25, 0.3) is 0 Å². The zero-order valence-electron chi connectivity index (χ0n) is 11.7. The van der Waals surface area contributed by atoms with E-state index in [1.165, 1.54) is 12.8 Å². The molecule has 2 rings (SSSR count). The highest BCUT2D eigenvalue weighted by Crippen LogP contribution is 2.28. The number of benzene rings is 1. The minimum Gasteiger partial charge on any atom is -0.496 e. The predicted molar refractivity (Wildman–Crippen MR) is 75.8 cm³/mol. The Kier molecular flexibility index (Phi) is 5.05. The molecule has 0 amide bonds. The van der Waals surface area contributed by atoms with E-state index in [9.17, 15) is 5.11 Å². The molecule has 1 unspecified atom stereocenters. The van der Waals surface area contributed by atoms with Crippen LogP contribution in [0.25, 0.3) is 0 Å². The second kappa shape index (κ2) is 6.78. The fourth-order valence-electron chi connectivity index (χ4n) is 1.94. The van der Waals surface area contributed by atoms with Crippen LogP contribution in [0.2, 0.25) is 0 Å². The van der Waals surface area contributed by atoms with Crippen LogP contribution < -0.4 is 10.1 Å². The predicted octanol–water partition coefficient (Wildman–Crippen LogP) is 2.20. The van der Waals surface area contributed by atoms with Crippen LogP contribution in [0.4, 0.5) is 5.69 Å².